The highest BCUT2D eigenvalue weighted by Gasteiger charge is 2.14. The van der Waals surface area contributed by atoms with E-state index in [1.807, 2.05) is 52.0 Å². The van der Waals surface area contributed by atoms with E-state index < -0.39 is 0 Å². The lowest BCUT2D eigenvalue weighted by molar-refractivity contribution is 0.0773. The van der Waals surface area contributed by atoms with Gasteiger partial charge in [-0.1, -0.05) is 17.3 Å². The van der Waals surface area contributed by atoms with Crippen LogP contribution in [0.15, 0.2) is 47.0 Å². The Hall–Kier alpha value is -3.28. The molecule has 0 aliphatic rings. The first kappa shape index (κ1) is 21.4. The summed E-state index contributed by atoms with van der Waals surface area (Å²) in [5, 5.41) is 3.93. The van der Waals surface area contributed by atoms with Crippen LogP contribution in [0.5, 0.6) is 11.5 Å². The fraction of sp³-hybridized carbons (Fsp3) is 0.333. The van der Waals surface area contributed by atoms with Crippen molar-refractivity contribution in [3.05, 3.63) is 76.2 Å². The van der Waals surface area contributed by atoms with Crippen LogP contribution in [0.25, 0.3) is 0 Å². The van der Waals surface area contributed by atoms with Crippen LogP contribution in [0.4, 0.5) is 0 Å². The average molecular weight is 408 g/mol. The molecular weight excluding hydrogens is 380 g/mol. The normalized spacial score (nSPS) is 10.7. The Bertz CT molecular complexity index is 986. The molecule has 0 saturated heterocycles. The molecule has 3 aromatic rings. The highest BCUT2D eigenvalue weighted by molar-refractivity contribution is 5.94. The molecule has 0 saturated carbocycles. The molecule has 3 rings (SSSR count). The Morgan fingerprint density at radius 3 is 2.40 bits per heavy atom. The van der Waals surface area contributed by atoms with Gasteiger partial charge in [0.05, 0.1) is 17.8 Å². The Balaban J connectivity index is 1.55. The fourth-order valence-electron chi connectivity index (χ4n) is 3.22. The molecule has 0 unspecified atom stereocenters. The molecule has 158 valence electrons. The Labute approximate surface area is 177 Å². The molecule has 0 aliphatic heterocycles. The minimum Gasteiger partial charge on any atom is -0.492 e. The molecule has 6 nitrogen and oxygen atoms in total. The minimum atomic E-state index is -0.0817. The lowest BCUT2D eigenvalue weighted by Crippen LogP contribution is -2.30. The maximum Gasteiger partial charge on any atom is 0.253 e. The second kappa shape index (κ2) is 9.48. The molecular formula is C24H28N2O4. The highest BCUT2D eigenvalue weighted by Crippen LogP contribution is 2.20. The molecule has 0 N–H and O–H groups in total. The van der Waals surface area contributed by atoms with Crippen LogP contribution < -0.4 is 9.47 Å². The SMILES string of the molecule is Cc1cc(C)cc(OCCN(C)C(=O)c2cccc(OCc3c(C)noc3C)c2)c1. The number of rotatable bonds is 8. The van der Waals surface area contributed by atoms with E-state index in [1.165, 1.54) is 0 Å². The molecule has 0 spiro atoms. The van der Waals surface area contributed by atoms with E-state index in [4.69, 9.17) is 14.0 Å². The van der Waals surface area contributed by atoms with Gasteiger partial charge in [0, 0.05) is 12.6 Å². The van der Waals surface area contributed by atoms with Crippen LogP contribution in [0.2, 0.25) is 0 Å². The Morgan fingerprint density at radius 2 is 1.73 bits per heavy atom. The standard InChI is InChI=1S/C24H28N2O4/c1-16-11-17(2)13-22(12-16)28-10-9-26(5)24(27)20-7-6-8-21(14-20)29-15-23-18(3)25-30-19(23)4/h6-8,11-14H,9-10,15H2,1-5H3. The topological polar surface area (TPSA) is 64.8 Å². The van der Waals surface area contributed by atoms with Crippen LogP contribution in [-0.2, 0) is 6.61 Å². The summed E-state index contributed by atoms with van der Waals surface area (Å²) in [5.41, 5.74) is 4.61. The van der Waals surface area contributed by atoms with Crippen LogP contribution in [-0.4, -0.2) is 36.2 Å². The summed E-state index contributed by atoms with van der Waals surface area (Å²) < 4.78 is 16.8. The zero-order valence-electron chi connectivity index (χ0n) is 18.2. The lowest BCUT2D eigenvalue weighted by Gasteiger charge is -2.18. The molecule has 1 amide bonds. The van der Waals surface area contributed by atoms with Crippen LogP contribution in [0, 0.1) is 27.7 Å². The number of benzene rings is 2. The second-order valence-corrected chi connectivity index (χ2v) is 7.52. The zero-order valence-corrected chi connectivity index (χ0v) is 18.2. The third kappa shape index (κ3) is 5.41. The van der Waals surface area contributed by atoms with Gasteiger partial charge in [-0.15, -0.1) is 0 Å². The number of carbonyl (C=O) groups is 1. The van der Waals surface area contributed by atoms with Gasteiger partial charge in [0.2, 0.25) is 0 Å². The highest BCUT2D eigenvalue weighted by atomic mass is 16.5. The summed E-state index contributed by atoms with van der Waals surface area (Å²) in [6.07, 6.45) is 0. The van der Waals surface area contributed by atoms with E-state index in [0.29, 0.717) is 31.1 Å². The fourth-order valence-corrected chi connectivity index (χ4v) is 3.22. The maximum absolute atomic E-state index is 12.8. The summed E-state index contributed by atoms with van der Waals surface area (Å²) in [7, 11) is 1.77. The monoisotopic (exact) mass is 408 g/mol. The van der Waals surface area contributed by atoms with Crippen molar-refractivity contribution in [3.63, 3.8) is 0 Å². The number of hydrogen-bond donors (Lipinski definition) is 0. The molecule has 1 heterocycles. The van der Waals surface area contributed by atoms with Crippen molar-refractivity contribution in [1.82, 2.24) is 10.1 Å². The molecule has 0 atom stereocenters. The van der Waals surface area contributed by atoms with Gasteiger partial charge in [0.15, 0.2) is 0 Å². The van der Waals surface area contributed by atoms with Crippen molar-refractivity contribution in [2.75, 3.05) is 20.2 Å². The molecule has 0 bridgehead atoms. The predicted molar refractivity (Wildman–Crippen MR) is 115 cm³/mol. The van der Waals surface area contributed by atoms with Gasteiger partial charge in [-0.05, 0) is 69.2 Å². The van der Waals surface area contributed by atoms with Crippen molar-refractivity contribution < 1.29 is 18.8 Å². The van der Waals surface area contributed by atoms with Gasteiger partial charge in [0.25, 0.3) is 5.91 Å². The van der Waals surface area contributed by atoms with Gasteiger partial charge in [-0.3, -0.25) is 4.79 Å². The largest absolute Gasteiger partial charge is 0.492 e. The molecule has 0 radical (unpaired) electrons. The molecule has 0 fully saturated rings. The second-order valence-electron chi connectivity index (χ2n) is 7.52. The van der Waals surface area contributed by atoms with Gasteiger partial charge in [-0.25, -0.2) is 0 Å². The van der Waals surface area contributed by atoms with Crippen molar-refractivity contribution in [2.45, 2.75) is 34.3 Å². The minimum absolute atomic E-state index is 0.0817. The molecule has 6 heteroatoms. The number of amides is 1. The van der Waals surface area contributed by atoms with Crippen LogP contribution >= 0.6 is 0 Å². The number of carbonyl (C=O) groups excluding carboxylic acids is 1. The third-order valence-electron chi connectivity index (χ3n) is 4.88. The summed E-state index contributed by atoms with van der Waals surface area (Å²) in [4.78, 5) is 14.4. The number of aryl methyl sites for hydroxylation is 4. The molecule has 0 aliphatic carbocycles. The zero-order chi connectivity index (χ0) is 21.7. The van der Waals surface area contributed by atoms with Gasteiger partial charge < -0.3 is 18.9 Å². The van der Waals surface area contributed by atoms with Crippen molar-refractivity contribution in [3.8, 4) is 11.5 Å². The van der Waals surface area contributed by atoms with Gasteiger partial charge in [0.1, 0.15) is 30.5 Å². The van der Waals surface area contributed by atoms with E-state index in [1.54, 1.807) is 24.1 Å². The maximum atomic E-state index is 12.8. The van der Waals surface area contributed by atoms with E-state index in [9.17, 15) is 4.79 Å². The van der Waals surface area contributed by atoms with E-state index >= 15 is 0 Å². The van der Waals surface area contributed by atoms with E-state index in [2.05, 4.69) is 11.2 Å². The summed E-state index contributed by atoms with van der Waals surface area (Å²) in [6, 6.07) is 13.3. The smallest absolute Gasteiger partial charge is 0.253 e. The van der Waals surface area contributed by atoms with Crippen LogP contribution in [0.1, 0.15) is 38.5 Å². The lowest BCUT2D eigenvalue weighted by atomic mass is 10.1. The first-order chi connectivity index (χ1) is 14.3. The molecule has 1 aromatic heterocycles. The number of ether oxygens (including phenoxy) is 2. The number of aromatic nitrogens is 1. The Morgan fingerprint density at radius 1 is 1.00 bits per heavy atom. The quantitative estimate of drug-likeness (QED) is 0.543. The first-order valence-electron chi connectivity index (χ1n) is 9.94. The molecule has 30 heavy (non-hydrogen) atoms. The Kier molecular flexibility index (Phi) is 6.77. The van der Waals surface area contributed by atoms with Gasteiger partial charge in [-0.2, -0.15) is 0 Å². The van der Waals surface area contributed by atoms with Crippen LogP contribution in [0.3, 0.4) is 0 Å². The van der Waals surface area contributed by atoms with Crippen molar-refractivity contribution in [1.29, 1.82) is 0 Å². The number of nitrogens with zero attached hydrogens (tertiary/aromatic N) is 2. The summed E-state index contributed by atoms with van der Waals surface area (Å²) in [6.45, 7) is 9.06. The third-order valence-corrected chi connectivity index (χ3v) is 4.88. The number of likely N-dealkylation sites (N-methyl/N-ethyl adjacent to an activating group) is 1. The molecule has 2 aromatic carbocycles. The van der Waals surface area contributed by atoms with Crippen molar-refractivity contribution in [2.24, 2.45) is 0 Å². The summed E-state index contributed by atoms with van der Waals surface area (Å²) >= 11 is 0. The average Bonchev–Trinajstić information content (AvgIpc) is 3.02. The van der Waals surface area contributed by atoms with Gasteiger partial charge >= 0.3 is 0 Å². The first-order valence-corrected chi connectivity index (χ1v) is 9.94. The predicted octanol–water partition coefficient (Wildman–Crippen LogP) is 4.64. The summed E-state index contributed by atoms with van der Waals surface area (Å²) in [5.74, 6) is 2.11. The van der Waals surface area contributed by atoms with Crippen molar-refractivity contribution >= 4 is 5.91 Å². The number of hydrogen-bond acceptors (Lipinski definition) is 5. The van der Waals surface area contributed by atoms with E-state index in [0.717, 1.165) is 33.9 Å². The van der Waals surface area contributed by atoms with E-state index in [-0.39, 0.29) is 5.91 Å².